The molecule has 0 spiro atoms. The average Bonchev–Trinajstić information content (AvgIpc) is 3.30. The molecule has 0 saturated carbocycles. The molecule has 1 aliphatic rings. The number of amides is 1. The van der Waals surface area contributed by atoms with Crippen molar-refractivity contribution < 1.29 is 9.53 Å². The normalized spacial score (nSPS) is 16.9. The van der Waals surface area contributed by atoms with Crippen LogP contribution in [0.5, 0.6) is 0 Å². The van der Waals surface area contributed by atoms with Gasteiger partial charge in [0.2, 0.25) is 0 Å². The van der Waals surface area contributed by atoms with E-state index in [1.807, 2.05) is 61.2 Å². The van der Waals surface area contributed by atoms with E-state index in [4.69, 9.17) is 9.72 Å². The van der Waals surface area contributed by atoms with Crippen LogP contribution in [0.2, 0.25) is 0 Å². The third kappa shape index (κ3) is 3.24. The zero-order chi connectivity index (χ0) is 18.1. The van der Waals surface area contributed by atoms with Crippen molar-refractivity contribution >= 4 is 32.6 Å². The van der Waals surface area contributed by atoms with E-state index < -0.39 is 0 Å². The number of aromatic nitrogens is 1. The topological polar surface area (TPSA) is 42.4 Å². The van der Waals surface area contributed by atoms with Gasteiger partial charge in [0.05, 0.1) is 22.9 Å². The summed E-state index contributed by atoms with van der Waals surface area (Å²) in [7, 11) is 0. The third-order valence-electron chi connectivity index (χ3n) is 5.00. The molecule has 5 heteroatoms. The Bertz CT molecular complexity index is 911. The van der Waals surface area contributed by atoms with Crippen LogP contribution in [0.25, 0.3) is 10.2 Å². The lowest BCUT2D eigenvalue weighted by molar-refractivity contribution is 0.0917. The number of hydrogen-bond acceptors (Lipinski definition) is 4. The number of ether oxygens (including phenoxy) is 1. The number of aryl methyl sites for hydroxylation is 1. The van der Waals surface area contributed by atoms with Gasteiger partial charge in [-0.1, -0.05) is 35.6 Å². The lowest BCUT2D eigenvalue weighted by Gasteiger charge is -2.24. The summed E-state index contributed by atoms with van der Waals surface area (Å²) in [4.78, 5) is 19.9. The summed E-state index contributed by atoms with van der Waals surface area (Å²) < 4.78 is 6.89. The molecule has 2 aromatic carbocycles. The van der Waals surface area contributed by atoms with Gasteiger partial charge >= 0.3 is 0 Å². The molecule has 1 aromatic heterocycles. The predicted octanol–water partition coefficient (Wildman–Crippen LogP) is 4.74. The molecule has 0 aliphatic carbocycles. The zero-order valence-corrected chi connectivity index (χ0v) is 15.9. The van der Waals surface area contributed by atoms with Crippen molar-refractivity contribution in [3.63, 3.8) is 0 Å². The fourth-order valence-corrected chi connectivity index (χ4v) is 4.32. The van der Waals surface area contributed by atoms with Gasteiger partial charge in [-0.2, -0.15) is 0 Å². The largest absolute Gasteiger partial charge is 0.376 e. The van der Waals surface area contributed by atoms with Gasteiger partial charge in [0.25, 0.3) is 5.91 Å². The van der Waals surface area contributed by atoms with Gasteiger partial charge in [0.15, 0.2) is 5.13 Å². The van der Waals surface area contributed by atoms with Crippen LogP contribution < -0.4 is 4.90 Å². The number of anilines is 1. The summed E-state index contributed by atoms with van der Waals surface area (Å²) in [6.45, 7) is 5.36. The monoisotopic (exact) mass is 366 g/mol. The second-order valence-electron chi connectivity index (χ2n) is 6.76. The highest BCUT2D eigenvalue weighted by molar-refractivity contribution is 7.22. The van der Waals surface area contributed by atoms with E-state index >= 15 is 0 Å². The van der Waals surface area contributed by atoms with Crippen LogP contribution in [0.1, 0.15) is 34.3 Å². The molecule has 4 rings (SSSR count). The Hall–Kier alpha value is -2.24. The smallest absolute Gasteiger partial charge is 0.260 e. The first-order valence-electron chi connectivity index (χ1n) is 8.99. The number of nitrogens with zero attached hydrogens (tertiary/aromatic N) is 2. The molecular formula is C21H22N2O2S. The minimum atomic E-state index is 0.000700. The number of fused-ring (bicyclic) bond motifs is 1. The highest BCUT2D eigenvalue weighted by Gasteiger charge is 2.27. The molecule has 1 unspecified atom stereocenters. The second-order valence-corrected chi connectivity index (χ2v) is 7.77. The predicted molar refractivity (Wildman–Crippen MR) is 106 cm³/mol. The van der Waals surface area contributed by atoms with Gasteiger partial charge in [-0.05, 0) is 56.0 Å². The summed E-state index contributed by atoms with van der Waals surface area (Å²) in [5.74, 6) is 0.000700. The van der Waals surface area contributed by atoms with Crippen LogP contribution >= 0.6 is 11.3 Å². The number of carbonyl (C=O) groups excluding carboxylic acids is 1. The van der Waals surface area contributed by atoms with Crippen LogP contribution in [-0.2, 0) is 4.74 Å². The Balaban J connectivity index is 1.74. The van der Waals surface area contributed by atoms with Gasteiger partial charge < -0.3 is 4.74 Å². The van der Waals surface area contributed by atoms with Crippen molar-refractivity contribution in [2.24, 2.45) is 0 Å². The first-order valence-corrected chi connectivity index (χ1v) is 9.80. The van der Waals surface area contributed by atoms with Crippen LogP contribution in [0.3, 0.4) is 0 Å². The molecule has 3 aromatic rings. The molecular weight excluding hydrogens is 344 g/mol. The van der Waals surface area contributed by atoms with Gasteiger partial charge in [-0.15, -0.1) is 0 Å². The number of carbonyl (C=O) groups is 1. The molecule has 4 nitrogen and oxygen atoms in total. The Morgan fingerprint density at radius 1 is 1.23 bits per heavy atom. The summed E-state index contributed by atoms with van der Waals surface area (Å²) in [6, 6.07) is 13.9. The highest BCUT2D eigenvalue weighted by Crippen LogP contribution is 2.31. The Kier molecular flexibility index (Phi) is 4.74. The lowest BCUT2D eigenvalue weighted by Crippen LogP contribution is -2.37. The molecule has 1 aliphatic heterocycles. The SMILES string of the molecule is Cc1cccc(C(=O)N(CC2CCCO2)c2nc3ccccc3s2)c1C. The molecule has 0 N–H and O–H groups in total. The molecule has 1 atom stereocenters. The minimum absolute atomic E-state index is 0.000700. The first kappa shape index (κ1) is 17.2. The highest BCUT2D eigenvalue weighted by atomic mass is 32.1. The third-order valence-corrected chi connectivity index (χ3v) is 6.06. The second kappa shape index (κ2) is 7.17. The van der Waals surface area contributed by atoms with E-state index in [0.717, 1.165) is 51.5 Å². The zero-order valence-electron chi connectivity index (χ0n) is 15.1. The Morgan fingerprint density at radius 3 is 2.85 bits per heavy atom. The molecule has 1 amide bonds. The van der Waals surface area contributed by atoms with Crippen molar-refractivity contribution in [2.75, 3.05) is 18.1 Å². The van der Waals surface area contributed by atoms with Gasteiger partial charge in [-0.3, -0.25) is 9.69 Å². The molecule has 134 valence electrons. The number of para-hydroxylation sites is 1. The lowest BCUT2D eigenvalue weighted by atomic mass is 10.0. The number of hydrogen-bond donors (Lipinski definition) is 0. The number of benzene rings is 2. The van der Waals surface area contributed by atoms with Gasteiger partial charge in [0, 0.05) is 12.2 Å². The van der Waals surface area contributed by atoms with Crippen molar-refractivity contribution in [3.8, 4) is 0 Å². The minimum Gasteiger partial charge on any atom is -0.376 e. The quantitative estimate of drug-likeness (QED) is 0.670. The van der Waals surface area contributed by atoms with Crippen LogP contribution in [-0.4, -0.2) is 30.1 Å². The molecule has 1 saturated heterocycles. The molecule has 26 heavy (non-hydrogen) atoms. The summed E-state index contributed by atoms with van der Waals surface area (Å²) in [5, 5.41) is 0.743. The Labute approximate surface area is 157 Å². The Morgan fingerprint density at radius 2 is 2.08 bits per heavy atom. The number of rotatable bonds is 4. The first-order chi connectivity index (χ1) is 12.6. The van der Waals surface area contributed by atoms with Crippen LogP contribution in [0, 0.1) is 13.8 Å². The maximum Gasteiger partial charge on any atom is 0.260 e. The maximum atomic E-state index is 13.4. The van der Waals surface area contributed by atoms with E-state index in [2.05, 4.69) is 0 Å². The fraction of sp³-hybridized carbons (Fsp3) is 0.333. The van der Waals surface area contributed by atoms with Crippen molar-refractivity contribution in [1.82, 2.24) is 4.98 Å². The summed E-state index contributed by atoms with van der Waals surface area (Å²) in [6.07, 6.45) is 2.12. The standard InChI is InChI=1S/C21H22N2O2S/c1-14-7-5-9-17(15(14)2)20(24)23(13-16-8-6-12-25-16)21-22-18-10-3-4-11-19(18)26-21/h3-5,7,9-11,16H,6,8,12-13H2,1-2H3. The summed E-state index contributed by atoms with van der Waals surface area (Å²) >= 11 is 1.56. The summed E-state index contributed by atoms with van der Waals surface area (Å²) in [5.41, 5.74) is 3.81. The van der Waals surface area contributed by atoms with E-state index in [0.29, 0.717) is 6.54 Å². The molecule has 2 heterocycles. The average molecular weight is 366 g/mol. The van der Waals surface area contributed by atoms with Crippen LogP contribution in [0.15, 0.2) is 42.5 Å². The van der Waals surface area contributed by atoms with Crippen LogP contribution in [0.4, 0.5) is 5.13 Å². The van der Waals surface area contributed by atoms with Gasteiger partial charge in [-0.25, -0.2) is 4.98 Å². The van der Waals surface area contributed by atoms with E-state index in [9.17, 15) is 4.79 Å². The molecule has 0 bridgehead atoms. The maximum absolute atomic E-state index is 13.4. The molecule has 0 radical (unpaired) electrons. The van der Waals surface area contributed by atoms with E-state index in [1.54, 1.807) is 11.3 Å². The number of thiazole rings is 1. The van der Waals surface area contributed by atoms with Crippen molar-refractivity contribution in [2.45, 2.75) is 32.8 Å². The van der Waals surface area contributed by atoms with Crippen molar-refractivity contribution in [1.29, 1.82) is 0 Å². The fourth-order valence-electron chi connectivity index (χ4n) is 3.34. The molecule has 1 fully saturated rings. The van der Waals surface area contributed by atoms with E-state index in [1.165, 1.54) is 0 Å². The van der Waals surface area contributed by atoms with Gasteiger partial charge in [0.1, 0.15) is 0 Å². The van der Waals surface area contributed by atoms with E-state index in [-0.39, 0.29) is 12.0 Å². The van der Waals surface area contributed by atoms with Crippen molar-refractivity contribution in [3.05, 3.63) is 59.2 Å².